The summed E-state index contributed by atoms with van der Waals surface area (Å²) in [4.78, 5) is 23.8. The summed E-state index contributed by atoms with van der Waals surface area (Å²) in [5.74, 6) is -5.21. The molecule has 0 aliphatic carbocycles. The number of carbonyl (C=O) groups excluding carboxylic acids is 2. The smallest absolute Gasteiger partial charge is 0.255 e. The molecule has 8 heteroatoms. The van der Waals surface area contributed by atoms with E-state index in [1.165, 1.54) is 7.11 Å². The van der Waals surface area contributed by atoms with Crippen molar-refractivity contribution in [1.29, 1.82) is 0 Å². The van der Waals surface area contributed by atoms with E-state index in [0.29, 0.717) is 17.4 Å². The average Bonchev–Trinajstić information content (AvgIpc) is 2.62. The van der Waals surface area contributed by atoms with Crippen LogP contribution in [0.3, 0.4) is 0 Å². The number of amides is 2. The van der Waals surface area contributed by atoms with Crippen LogP contribution in [0.1, 0.15) is 16.8 Å². The Bertz CT molecular complexity index is 797. The second-order valence-corrected chi connectivity index (χ2v) is 4.98. The molecule has 0 radical (unpaired) electrons. The summed E-state index contributed by atoms with van der Waals surface area (Å²) in [7, 11) is 1.43. The summed E-state index contributed by atoms with van der Waals surface area (Å²) < 4.78 is 44.4. The first-order chi connectivity index (χ1) is 11.9. The minimum Gasteiger partial charge on any atom is -0.496 e. The van der Waals surface area contributed by atoms with Gasteiger partial charge >= 0.3 is 0 Å². The molecule has 0 aliphatic heterocycles. The largest absolute Gasteiger partial charge is 0.496 e. The van der Waals surface area contributed by atoms with Crippen LogP contribution in [0.4, 0.5) is 18.9 Å². The van der Waals surface area contributed by atoms with E-state index in [1.807, 2.05) is 0 Å². The van der Waals surface area contributed by atoms with Gasteiger partial charge in [-0.05, 0) is 24.3 Å². The maximum Gasteiger partial charge on any atom is 0.255 e. The Balaban J connectivity index is 1.89. The van der Waals surface area contributed by atoms with Crippen molar-refractivity contribution in [1.82, 2.24) is 5.32 Å². The molecule has 0 aromatic heterocycles. The number of methoxy groups -OCH3 is 1. The highest BCUT2D eigenvalue weighted by Gasteiger charge is 2.16. The van der Waals surface area contributed by atoms with Gasteiger partial charge in [0, 0.05) is 13.0 Å². The Morgan fingerprint density at radius 2 is 1.76 bits per heavy atom. The van der Waals surface area contributed by atoms with E-state index in [1.54, 1.807) is 24.3 Å². The van der Waals surface area contributed by atoms with E-state index in [0.717, 1.165) is 6.07 Å². The van der Waals surface area contributed by atoms with Gasteiger partial charge in [0.1, 0.15) is 5.75 Å². The van der Waals surface area contributed by atoms with Crippen molar-refractivity contribution in [2.24, 2.45) is 0 Å². The Labute approximate surface area is 141 Å². The lowest BCUT2D eigenvalue weighted by atomic mass is 10.2. The predicted octanol–water partition coefficient (Wildman–Crippen LogP) is 2.87. The molecule has 0 aliphatic rings. The van der Waals surface area contributed by atoms with Crippen LogP contribution in [0.2, 0.25) is 0 Å². The van der Waals surface area contributed by atoms with Crippen molar-refractivity contribution in [2.45, 2.75) is 6.42 Å². The van der Waals surface area contributed by atoms with Gasteiger partial charge in [-0.25, -0.2) is 13.2 Å². The minimum absolute atomic E-state index is 0.0337. The minimum atomic E-state index is -1.66. The average molecular weight is 352 g/mol. The normalized spacial score (nSPS) is 10.2. The zero-order valence-corrected chi connectivity index (χ0v) is 13.2. The maximum absolute atomic E-state index is 13.5. The molecule has 0 saturated carbocycles. The van der Waals surface area contributed by atoms with Gasteiger partial charge in [-0.15, -0.1) is 0 Å². The number of para-hydroxylation sites is 1. The molecule has 0 unspecified atom stereocenters. The molecule has 0 atom stereocenters. The predicted molar refractivity (Wildman–Crippen MR) is 84.9 cm³/mol. The van der Waals surface area contributed by atoms with E-state index in [2.05, 4.69) is 10.6 Å². The molecule has 2 amide bonds. The molecule has 2 N–H and O–H groups in total. The zero-order chi connectivity index (χ0) is 18.4. The molecule has 2 aromatic carbocycles. The number of rotatable bonds is 6. The molecule has 0 heterocycles. The lowest BCUT2D eigenvalue weighted by molar-refractivity contribution is -0.116. The van der Waals surface area contributed by atoms with Gasteiger partial charge in [0.25, 0.3) is 5.91 Å². The van der Waals surface area contributed by atoms with Crippen LogP contribution in [0.15, 0.2) is 36.4 Å². The number of ether oxygens (including phenoxy) is 1. The maximum atomic E-state index is 13.5. The number of hydrogen-bond acceptors (Lipinski definition) is 3. The van der Waals surface area contributed by atoms with Crippen molar-refractivity contribution in [3.05, 3.63) is 59.4 Å². The summed E-state index contributed by atoms with van der Waals surface area (Å²) in [5, 5.41) is 4.64. The lowest BCUT2D eigenvalue weighted by Gasteiger charge is -2.10. The van der Waals surface area contributed by atoms with Gasteiger partial charge < -0.3 is 15.4 Å². The quantitative estimate of drug-likeness (QED) is 0.786. The van der Waals surface area contributed by atoms with E-state index in [9.17, 15) is 22.8 Å². The van der Waals surface area contributed by atoms with Crippen molar-refractivity contribution >= 4 is 17.5 Å². The number of carbonyl (C=O) groups is 2. The fraction of sp³-hybridized carbons (Fsp3) is 0.176. The topological polar surface area (TPSA) is 67.4 Å². The first-order valence-corrected chi connectivity index (χ1v) is 7.28. The highest BCUT2D eigenvalue weighted by Crippen LogP contribution is 2.20. The van der Waals surface area contributed by atoms with Gasteiger partial charge in [0.2, 0.25) is 5.91 Å². The van der Waals surface area contributed by atoms with E-state index >= 15 is 0 Å². The molecule has 132 valence electrons. The molecule has 2 rings (SSSR count). The van der Waals surface area contributed by atoms with Crippen LogP contribution in [0.5, 0.6) is 5.75 Å². The van der Waals surface area contributed by atoms with Gasteiger partial charge in [-0.2, -0.15) is 0 Å². The summed E-state index contributed by atoms with van der Waals surface area (Å²) in [6, 6.07) is 8.17. The van der Waals surface area contributed by atoms with Crippen LogP contribution in [0, 0.1) is 17.5 Å². The van der Waals surface area contributed by atoms with Crippen LogP contribution in [0.25, 0.3) is 0 Å². The zero-order valence-electron chi connectivity index (χ0n) is 13.2. The summed E-state index contributed by atoms with van der Waals surface area (Å²) in [6.07, 6.45) is -0.181. The number of benzene rings is 2. The lowest BCUT2D eigenvalue weighted by Crippen LogP contribution is -2.28. The van der Waals surface area contributed by atoms with Gasteiger partial charge in [-0.1, -0.05) is 12.1 Å². The summed E-state index contributed by atoms with van der Waals surface area (Å²) >= 11 is 0. The SMILES string of the molecule is COc1ccccc1C(=O)NCCC(=O)Nc1ccc(F)c(F)c1F. The van der Waals surface area contributed by atoms with Crippen LogP contribution < -0.4 is 15.4 Å². The first-order valence-electron chi connectivity index (χ1n) is 7.28. The van der Waals surface area contributed by atoms with Gasteiger partial charge in [0.05, 0.1) is 18.4 Å². The van der Waals surface area contributed by atoms with E-state index in [-0.39, 0.29) is 13.0 Å². The highest BCUT2D eigenvalue weighted by atomic mass is 19.2. The number of hydrogen-bond donors (Lipinski definition) is 2. The van der Waals surface area contributed by atoms with Crippen LogP contribution >= 0.6 is 0 Å². The van der Waals surface area contributed by atoms with Crippen LogP contribution in [-0.4, -0.2) is 25.5 Å². The molecular weight excluding hydrogens is 337 g/mol. The third-order valence-electron chi connectivity index (χ3n) is 3.30. The Kier molecular flexibility index (Phi) is 5.99. The molecule has 0 fully saturated rings. The Morgan fingerprint density at radius 3 is 2.48 bits per heavy atom. The van der Waals surface area contributed by atoms with Crippen molar-refractivity contribution in [3.8, 4) is 5.75 Å². The molecule has 2 aromatic rings. The second kappa shape index (κ2) is 8.18. The summed E-state index contributed by atoms with van der Waals surface area (Å²) in [5.41, 5.74) is -0.169. The van der Waals surface area contributed by atoms with Crippen molar-refractivity contribution < 1.29 is 27.5 Å². The van der Waals surface area contributed by atoms with Gasteiger partial charge in [-0.3, -0.25) is 9.59 Å². The molecular formula is C17H15F3N2O3. The summed E-state index contributed by atoms with van der Waals surface area (Å²) in [6.45, 7) is -0.0337. The number of nitrogens with one attached hydrogen (secondary N) is 2. The molecule has 0 bridgehead atoms. The van der Waals surface area contributed by atoms with Crippen molar-refractivity contribution in [3.63, 3.8) is 0 Å². The fourth-order valence-electron chi connectivity index (χ4n) is 2.05. The number of halogens is 3. The van der Waals surface area contributed by atoms with Crippen LogP contribution in [-0.2, 0) is 4.79 Å². The first kappa shape index (κ1) is 18.3. The molecule has 5 nitrogen and oxygen atoms in total. The van der Waals surface area contributed by atoms with E-state index in [4.69, 9.17) is 4.74 Å². The van der Waals surface area contributed by atoms with Crippen molar-refractivity contribution in [2.75, 3.05) is 19.0 Å². The number of anilines is 1. The van der Waals surface area contributed by atoms with E-state index < -0.39 is 35.0 Å². The Hall–Kier alpha value is -3.03. The molecule has 25 heavy (non-hydrogen) atoms. The standard InChI is InChI=1S/C17H15F3N2O3/c1-25-13-5-3-2-4-10(13)17(24)21-9-8-14(23)22-12-7-6-11(18)15(19)16(12)20/h2-7H,8-9H2,1H3,(H,21,24)(H,22,23). The van der Waals surface area contributed by atoms with Gasteiger partial charge in [0.15, 0.2) is 17.5 Å². The third kappa shape index (κ3) is 4.50. The molecule has 0 saturated heterocycles. The fourth-order valence-corrected chi connectivity index (χ4v) is 2.05. The third-order valence-corrected chi connectivity index (χ3v) is 3.30. The second-order valence-electron chi connectivity index (χ2n) is 4.98. The highest BCUT2D eigenvalue weighted by molar-refractivity contribution is 5.97. The Morgan fingerprint density at radius 1 is 1.04 bits per heavy atom. The molecule has 0 spiro atoms. The monoisotopic (exact) mass is 352 g/mol.